The Hall–Kier alpha value is -2.48. The van der Waals surface area contributed by atoms with Crippen molar-refractivity contribution in [3.8, 4) is 6.07 Å². The third-order valence-corrected chi connectivity index (χ3v) is 4.87. The number of H-pyrrole nitrogens is 1. The molecule has 3 aromatic rings. The topological polar surface area (TPSA) is 65.9 Å². The van der Waals surface area contributed by atoms with Gasteiger partial charge in [-0.15, -0.1) is 0 Å². The van der Waals surface area contributed by atoms with Crippen LogP contribution in [-0.4, -0.2) is 18.1 Å². The zero-order chi connectivity index (χ0) is 18.1. The van der Waals surface area contributed by atoms with Gasteiger partial charge < -0.3 is 9.72 Å². The van der Waals surface area contributed by atoms with Crippen molar-refractivity contribution in [2.45, 2.75) is 13.3 Å². The molecule has 126 valence electrons. The van der Waals surface area contributed by atoms with Crippen molar-refractivity contribution in [3.63, 3.8) is 0 Å². The van der Waals surface area contributed by atoms with Crippen LogP contribution in [0.5, 0.6) is 0 Å². The van der Waals surface area contributed by atoms with Crippen LogP contribution in [0.1, 0.15) is 32.7 Å². The molecule has 1 aromatic heterocycles. The first-order chi connectivity index (χ1) is 11.9. The molecule has 6 heteroatoms. The molecule has 4 nitrogen and oxygen atoms in total. The number of halogens is 2. The highest BCUT2D eigenvalue weighted by Gasteiger charge is 2.18. The fraction of sp³-hybridized carbons (Fsp3) is 0.158. The second kappa shape index (κ2) is 6.79. The summed E-state index contributed by atoms with van der Waals surface area (Å²) in [6.45, 7) is 1.96. The Labute approximate surface area is 154 Å². The molecule has 1 N–H and O–H groups in total. The summed E-state index contributed by atoms with van der Waals surface area (Å²) in [5.74, 6) is -0.505. The Morgan fingerprint density at radius 1 is 1.28 bits per heavy atom. The summed E-state index contributed by atoms with van der Waals surface area (Å²) in [4.78, 5) is 15.1. The van der Waals surface area contributed by atoms with Gasteiger partial charge in [0.2, 0.25) is 0 Å². The van der Waals surface area contributed by atoms with E-state index >= 15 is 0 Å². The molecule has 1 heterocycles. The van der Waals surface area contributed by atoms with Crippen LogP contribution in [0.4, 0.5) is 0 Å². The number of benzene rings is 2. The van der Waals surface area contributed by atoms with E-state index in [0.717, 1.165) is 22.2 Å². The second-order valence-corrected chi connectivity index (χ2v) is 6.50. The Bertz CT molecular complexity index is 1030. The summed E-state index contributed by atoms with van der Waals surface area (Å²) < 4.78 is 4.75. The molecular weight excluding hydrogens is 359 g/mol. The molecule has 0 bridgehead atoms. The summed E-state index contributed by atoms with van der Waals surface area (Å²) in [5.41, 5.74) is 4.31. The van der Waals surface area contributed by atoms with Gasteiger partial charge in [-0.05, 0) is 48.4 Å². The standard InChI is InChI=1S/C19H14Cl2N2O2/c1-10-5-11(9-22)6-17-14(10)7-12(23-17)8-15-16(20)4-3-13(18(15)21)19(24)25-2/h3-7,23H,8H2,1-2H3. The van der Waals surface area contributed by atoms with Gasteiger partial charge >= 0.3 is 5.97 Å². The molecule has 2 aromatic carbocycles. The molecule has 0 fully saturated rings. The minimum absolute atomic E-state index is 0.280. The largest absolute Gasteiger partial charge is 0.465 e. The van der Waals surface area contributed by atoms with E-state index in [1.807, 2.05) is 19.1 Å². The molecule has 0 atom stereocenters. The lowest BCUT2D eigenvalue weighted by Crippen LogP contribution is -2.04. The van der Waals surface area contributed by atoms with E-state index in [2.05, 4.69) is 11.1 Å². The predicted molar refractivity (Wildman–Crippen MR) is 98.4 cm³/mol. The normalized spacial score (nSPS) is 10.7. The summed E-state index contributed by atoms with van der Waals surface area (Å²) in [6, 6.07) is 11.0. The summed E-state index contributed by atoms with van der Waals surface area (Å²) >= 11 is 12.7. The summed E-state index contributed by atoms with van der Waals surface area (Å²) in [6.07, 6.45) is 0.429. The van der Waals surface area contributed by atoms with Crippen LogP contribution in [0.25, 0.3) is 10.9 Å². The number of methoxy groups -OCH3 is 1. The third-order valence-electron chi connectivity index (χ3n) is 4.09. The van der Waals surface area contributed by atoms with Gasteiger partial charge in [-0.1, -0.05) is 23.2 Å². The minimum Gasteiger partial charge on any atom is -0.465 e. The maximum absolute atomic E-state index is 11.8. The lowest BCUT2D eigenvalue weighted by Gasteiger charge is -2.10. The zero-order valence-corrected chi connectivity index (χ0v) is 15.1. The number of fused-ring (bicyclic) bond motifs is 1. The van der Waals surface area contributed by atoms with Crippen molar-refractivity contribution in [3.05, 3.63) is 68.3 Å². The lowest BCUT2D eigenvalue weighted by molar-refractivity contribution is 0.0601. The van der Waals surface area contributed by atoms with E-state index in [-0.39, 0.29) is 10.6 Å². The number of ether oxygens (including phenoxy) is 1. The monoisotopic (exact) mass is 372 g/mol. The number of esters is 1. The van der Waals surface area contributed by atoms with E-state index in [4.69, 9.17) is 33.2 Å². The number of carbonyl (C=O) groups excluding carboxylic acids is 1. The fourth-order valence-electron chi connectivity index (χ4n) is 2.85. The van der Waals surface area contributed by atoms with Crippen molar-refractivity contribution in [2.24, 2.45) is 0 Å². The minimum atomic E-state index is -0.505. The number of nitrogens with zero attached hydrogens (tertiary/aromatic N) is 1. The van der Waals surface area contributed by atoms with Crippen LogP contribution in [0, 0.1) is 18.3 Å². The molecular formula is C19H14Cl2N2O2. The number of nitriles is 1. The maximum atomic E-state index is 11.8. The van der Waals surface area contributed by atoms with Gasteiger partial charge in [0.1, 0.15) is 0 Å². The van der Waals surface area contributed by atoms with E-state index < -0.39 is 5.97 Å². The average molecular weight is 373 g/mol. The SMILES string of the molecule is COC(=O)c1ccc(Cl)c(Cc2cc3c(C)cc(C#N)cc3[nH]2)c1Cl. The number of rotatable bonds is 3. The van der Waals surface area contributed by atoms with Crippen LogP contribution in [-0.2, 0) is 11.2 Å². The molecule has 0 aliphatic rings. The number of carbonyl (C=O) groups is 1. The van der Waals surface area contributed by atoms with Crippen LogP contribution >= 0.6 is 23.2 Å². The first kappa shape index (κ1) is 17.3. The van der Waals surface area contributed by atoms with Gasteiger partial charge in [0.25, 0.3) is 0 Å². The second-order valence-electron chi connectivity index (χ2n) is 5.72. The maximum Gasteiger partial charge on any atom is 0.339 e. The van der Waals surface area contributed by atoms with Crippen LogP contribution < -0.4 is 0 Å². The van der Waals surface area contributed by atoms with Gasteiger partial charge in [-0.3, -0.25) is 0 Å². The molecule has 0 saturated heterocycles. The number of aromatic amines is 1. The first-order valence-electron chi connectivity index (χ1n) is 7.52. The number of nitrogens with one attached hydrogen (secondary N) is 1. The Balaban J connectivity index is 2.06. The van der Waals surface area contributed by atoms with Crippen molar-refractivity contribution in [1.29, 1.82) is 5.26 Å². The molecule has 0 spiro atoms. The van der Waals surface area contributed by atoms with E-state index in [0.29, 0.717) is 22.6 Å². The highest BCUT2D eigenvalue weighted by Crippen LogP contribution is 2.32. The van der Waals surface area contributed by atoms with Crippen molar-refractivity contribution in [1.82, 2.24) is 4.98 Å². The van der Waals surface area contributed by atoms with E-state index in [9.17, 15) is 4.79 Å². The molecule has 0 radical (unpaired) electrons. The molecule has 0 aliphatic heterocycles. The zero-order valence-electron chi connectivity index (χ0n) is 13.6. The van der Waals surface area contributed by atoms with E-state index in [1.54, 1.807) is 18.2 Å². The van der Waals surface area contributed by atoms with Gasteiger partial charge in [-0.25, -0.2) is 4.79 Å². The van der Waals surface area contributed by atoms with Crippen molar-refractivity contribution in [2.75, 3.05) is 7.11 Å². The van der Waals surface area contributed by atoms with Crippen LogP contribution in [0.15, 0.2) is 30.3 Å². The molecule has 0 amide bonds. The van der Waals surface area contributed by atoms with Gasteiger partial charge in [-0.2, -0.15) is 5.26 Å². The van der Waals surface area contributed by atoms with Gasteiger partial charge in [0.15, 0.2) is 0 Å². The molecule has 25 heavy (non-hydrogen) atoms. The quantitative estimate of drug-likeness (QED) is 0.655. The molecule has 3 rings (SSSR count). The Morgan fingerprint density at radius 3 is 2.72 bits per heavy atom. The molecule has 0 aliphatic carbocycles. The average Bonchev–Trinajstić information content (AvgIpc) is 3.01. The first-order valence-corrected chi connectivity index (χ1v) is 8.27. The van der Waals surface area contributed by atoms with Gasteiger partial charge in [0, 0.05) is 28.0 Å². The third kappa shape index (κ3) is 3.21. The number of aryl methyl sites for hydroxylation is 1. The van der Waals surface area contributed by atoms with Crippen molar-refractivity contribution >= 4 is 40.1 Å². The smallest absolute Gasteiger partial charge is 0.339 e. The number of hydrogen-bond acceptors (Lipinski definition) is 3. The summed E-state index contributed by atoms with van der Waals surface area (Å²) in [7, 11) is 1.31. The molecule has 0 unspecified atom stereocenters. The Morgan fingerprint density at radius 2 is 2.04 bits per heavy atom. The highest BCUT2D eigenvalue weighted by molar-refractivity contribution is 6.38. The number of aromatic nitrogens is 1. The van der Waals surface area contributed by atoms with Crippen molar-refractivity contribution < 1.29 is 9.53 Å². The highest BCUT2D eigenvalue weighted by atomic mass is 35.5. The fourth-order valence-corrected chi connectivity index (χ4v) is 3.44. The summed E-state index contributed by atoms with van der Waals surface area (Å²) in [5, 5.41) is 10.9. The predicted octanol–water partition coefficient (Wildman–Crippen LogP) is 5.03. The van der Waals surface area contributed by atoms with E-state index in [1.165, 1.54) is 7.11 Å². The Kier molecular flexibility index (Phi) is 4.71. The lowest BCUT2D eigenvalue weighted by atomic mass is 10.0. The van der Waals surface area contributed by atoms with Crippen LogP contribution in [0.2, 0.25) is 10.0 Å². The van der Waals surface area contributed by atoms with Crippen LogP contribution in [0.3, 0.4) is 0 Å². The molecule has 0 saturated carbocycles. The number of hydrogen-bond donors (Lipinski definition) is 1. The van der Waals surface area contributed by atoms with Gasteiger partial charge in [0.05, 0.1) is 29.3 Å².